The largest absolute Gasteiger partial charge is 0.466 e. The summed E-state index contributed by atoms with van der Waals surface area (Å²) in [7, 11) is 0. The predicted molar refractivity (Wildman–Crippen MR) is 143 cm³/mol. The van der Waals surface area contributed by atoms with Gasteiger partial charge < -0.3 is 14.2 Å². The van der Waals surface area contributed by atoms with Gasteiger partial charge >= 0.3 is 12.1 Å². The summed E-state index contributed by atoms with van der Waals surface area (Å²) in [4.78, 5) is 51.5. The molecule has 3 heterocycles. The van der Waals surface area contributed by atoms with Gasteiger partial charge in [-0.1, -0.05) is 36.4 Å². The number of rotatable bonds is 7. The first-order valence-electron chi connectivity index (χ1n) is 12.8. The highest BCUT2D eigenvalue weighted by Gasteiger charge is 2.60. The number of carbonyl (C=O) groups excluding carboxylic acids is 3. The zero-order valence-corrected chi connectivity index (χ0v) is 21.8. The Morgan fingerprint density at radius 3 is 2.33 bits per heavy atom. The maximum absolute atomic E-state index is 13.6. The second kappa shape index (κ2) is 10.4. The van der Waals surface area contributed by atoms with Crippen LogP contribution in [0, 0.1) is 17.8 Å². The van der Waals surface area contributed by atoms with Gasteiger partial charge in [-0.2, -0.15) is 9.97 Å². The number of ether oxygens (including phenoxy) is 3. The number of imidazole rings is 1. The number of para-hydroxylation sites is 2. The Bertz CT molecular complexity index is 1540. The van der Waals surface area contributed by atoms with Gasteiger partial charge in [0.15, 0.2) is 11.2 Å². The van der Waals surface area contributed by atoms with Gasteiger partial charge in [-0.15, -0.1) is 0 Å². The lowest BCUT2D eigenvalue weighted by molar-refractivity contribution is -0.142. The topological polar surface area (TPSA) is 138 Å². The van der Waals surface area contributed by atoms with Crippen LogP contribution in [0.2, 0.25) is 0 Å². The number of fused-ring (bicyclic) bond motifs is 2. The molecule has 4 atom stereocenters. The standard InChI is InChI=1S/C28H26N6O6/c1-16(35)30-27-31-24-23(29-15-33(24)26-22-20(13-38-17(2)36)21(22)14-39-26)25(32-27)40-28(37)34(18-9-5-3-6-10-18)19-11-7-4-8-12-19/h3-12,15,20-22,26H,13-14H2,1-2H3,(H,30,31,32,35)/t20-,21+,22-,26-/m0/s1. The number of aromatic nitrogens is 4. The van der Waals surface area contributed by atoms with Crippen molar-refractivity contribution in [1.82, 2.24) is 19.5 Å². The third-order valence-corrected chi connectivity index (χ3v) is 7.01. The molecule has 204 valence electrons. The van der Waals surface area contributed by atoms with Crippen LogP contribution in [0.25, 0.3) is 11.2 Å². The van der Waals surface area contributed by atoms with Crippen molar-refractivity contribution in [2.75, 3.05) is 23.4 Å². The summed E-state index contributed by atoms with van der Waals surface area (Å²) >= 11 is 0. The highest BCUT2D eigenvalue weighted by molar-refractivity contribution is 5.98. The highest BCUT2D eigenvalue weighted by Crippen LogP contribution is 2.58. The molecule has 1 saturated carbocycles. The van der Waals surface area contributed by atoms with Crippen molar-refractivity contribution in [3.63, 3.8) is 0 Å². The average molecular weight is 543 g/mol. The Labute approximate surface area is 228 Å². The lowest BCUT2D eigenvalue weighted by Gasteiger charge is -2.22. The summed E-state index contributed by atoms with van der Waals surface area (Å²) < 4.78 is 18.8. The lowest BCUT2D eigenvalue weighted by Crippen LogP contribution is -2.29. The molecule has 0 bridgehead atoms. The molecule has 40 heavy (non-hydrogen) atoms. The Morgan fingerprint density at radius 2 is 1.70 bits per heavy atom. The number of esters is 1. The summed E-state index contributed by atoms with van der Waals surface area (Å²) in [6, 6.07) is 18.1. The predicted octanol–water partition coefficient (Wildman–Crippen LogP) is 4.08. The number of benzene rings is 2. The van der Waals surface area contributed by atoms with E-state index in [2.05, 4.69) is 20.3 Å². The van der Waals surface area contributed by atoms with Crippen LogP contribution in [0.1, 0.15) is 20.1 Å². The van der Waals surface area contributed by atoms with Crippen LogP contribution in [0.5, 0.6) is 5.88 Å². The van der Waals surface area contributed by atoms with E-state index in [0.29, 0.717) is 30.2 Å². The van der Waals surface area contributed by atoms with Crippen LogP contribution < -0.4 is 15.0 Å². The van der Waals surface area contributed by atoms with E-state index in [1.165, 1.54) is 18.7 Å². The van der Waals surface area contributed by atoms with Crippen molar-refractivity contribution < 1.29 is 28.6 Å². The summed E-state index contributed by atoms with van der Waals surface area (Å²) in [5.41, 5.74) is 1.74. The van der Waals surface area contributed by atoms with Crippen molar-refractivity contribution >= 4 is 46.5 Å². The van der Waals surface area contributed by atoms with E-state index in [-0.39, 0.29) is 41.1 Å². The molecule has 0 radical (unpaired) electrons. The first-order valence-corrected chi connectivity index (χ1v) is 12.8. The SMILES string of the molecule is CC(=O)Nc1nc(OC(=O)N(c2ccccc2)c2ccccc2)c2ncn([C@H]3OC[C@@H]4[C@H](COC(C)=O)[C@@H]43)c2n1. The summed E-state index contributed by atoms with van der Waals surface area (Å²) in [6.07, 6.45) is 0.417. The molecule has 2 aromatic heterocycles. The molecule has 12 heteroatoms. The lowest BCUT2D eigenvalue weighted by atomic mass is 10.2. The molecule has 1 aliphatic carbocycles. The van der Waals surface area contributed by atoms with Gasteiger partial charge in [0.05, 0.1) is 30.9 Å². The molecule has 6 rings (SSSR count). The molecular formula is C28H26N6O6. The van der Waals surface area contributed by atoms with Gasteiger partial charge in [0.2, 0.25) is 11.9 Å². The molecule has 0 spiro atoms. The average Bonchev–Trinajstić information content (AvgIpc) is 3.21. The van der Waals surface area contributed by atoms with Crippen LogP contribution in [0.3, 0.4) is 0 Å². The zero-order valence-electron chi connectivity index (χ0n) is 21.8. The molecule has 2 fully saturated rings. The second-order valence-electron chi connectivity index (χ2n) is 9.66. The molecule has 1 aliphatic heterocycles. The van der Waals surface area contributed by atoms with E-state index >= 15 is 0 Å². The third-order valence-electron chi connectivity index (χ3n) is 7.01. The van der Waals surface area contributed by atoms with Gasteiger partial charge in [-0.3, -0.25) is 19.5 Å². The van der Waals surface area contributed by atoms with Gasteiger partial charge in [0.1, 0.15) is 6.23 Å². The fourth-order valence-electron chi connectivity index (χ4n) is 5.17. The number of hydrogen-bond acceptors (Lipinski definition) is 9. The fraction of sp³-hybridized carbons (Fsp3) is 0.286. The fourth-order valence-corrected chi connectivity index (χ4v) is 5.17. The summed E-state index contributed by atoms with van der Waals surface area (Å²) in [6.45, 7) is 3.55. The zero-order chi connectivity index (χ0) is 27.8. The minimum atomic E-state index is -0.721. The van der Waals surface area contributed by atoms with E-state index in [0.717, 1.165) is 0 Å². The van der Waals surface area contributed by atoms with Gasteiger partial charge in [-0.25, -0.2) is 14.7 Å². The molecule has 4 aromatic rings. The molecule has 12 nitrogen and oxygen atoms in total. The van der Waals surface area contributed by atoms with Crippen LogP contribution in [-0.4, -0.2) is 50.7 Å². The van der Waals surface area contributed by atoms with Crippen molar-refractivity contribution in [3.05, 3.63) is 67.0 Å². The van der Waals surface area contributed by atoms with Crippen molar-refractivity contribution in [3.8, 4) is 5.88 Å². The number of anilines is 3. The molecule has 0 unspecified atom stereocenters. The molecular weight excluding hydrogens is 516 g/mol. The van der Waals surface area contributed by atoms with Crippen LogP contribution >= 0.6 is 0 Å². The van der Waals surface area contributed by atoms with Crippen LogP contribution in [-0.2, 0) is 19.1 Å². The summed E-state index contributed by atoms with van der Waals surface area (Å²) in [5.74, 6) is -0.351. The minimum Gasteiger partial charge on any atom is -0.466 e. The van der Waals surface area contributed by atoms with E-state index in [9.17, 15) is 14.4 Å². The Morgan fingerprint density at radius 1 is 1.02 bits per heavy atom. The normalized spacial score (nSPS) is 20.9. The Balaban J connectivity index is 1.35. The maximum atomic E-state index is 13.6. The molecule has 2 aromatic carbocycles. The third kappa shape index (κ3) is 4.84. The van der Waals surface area contributed by atoms with Gasteiger partial charge in [0, 0.05) is 25.7 Å². The van der Waals surface area contributed by atoms with E-state index in [4.69, 9.17) is 14.2 Å². The van der Waals surface area contributed by atoms with Crippen molar-refractivity contribution in [1.29, 1.82) is 0 Å². The van der Waals surface area contributed by atoms with Crippen LogP contribution in [0.15, 0.2) is 67.0 Å². The second-order valence-corrected chi connectivity index (χ2v) is 9.66. The number of nitrogens with one attached hydrogen (secondary N) is 1. The van der Waals surface area contributed by atoms with Crippen molar-refractivity contribution in [2.24, 2.45) is 17.8 Å². The number of carbonyl (C=O) groups is 3. The smallest absolute Gasteiger partial charge is 0.425 e. The number of nitrogens with zero attached hydrogens (tertiary/aromatic N) is 5. The molecule has 2 amide bonds. The summed E-state index contributed by atoms with van der Waals surface area (Å²) in [5, 5.41) is 2.57. The van der Waals surface area contributed by atoms with E-state index < -0.39 is 18.2 Å². The minimum absolute atomic E-state index is 0.0441. The van der Waals surface area contributed by atoms with E-state index in [1.54, 1.807) is 35.2 Å². The molecule has 2 aliphatic rings. The molecule has 1 N–H and O–H groups in total. The quantitative estimate of drug-likeness (QED) is 0.342. The van der Waals surface area contributed by atoms with Gasteiger partial charge in [-0.05, 0) is 30.2 Å². The Hall–Kier alpha value is -4.84. The van der Waals surface area contributed by atoms with Gasteiger partial charge in [0.25, 0.3) is 5.88 Å². The monoisotopic (exact) mass is 542 g/mol. The first kappa shape index (κ1) is 25.4. The highest BCUT2D eigenvalue weighted by atomic mass is 16.6. The number of amides is 2. The molecule has 1 saturated heterocycles. The Kier molecular flexibility index (Phi) is 6.60. The van der Waals surface area contributed by atoms with Crippen molar-refractivity contribution in [2.45, 2.75) is 20.1 Å². The van der Waals surface area contributed by atoms with E-state index in [1.807, 2.05) is 36.4 Å². The number of hydrogen-bond donors (Lipinski definition) is 1. The first-order chi connectivity index (χ1) is 19.4. The maximum Gasteiger partial charge on any atom is 0.425 e. The van der Waals surface area contributed by atoms with Crippen LogP contribution in [0.4, 0.5) is 22.1 Å².